The number of carbonyl (C=O) groups is 4. The number of piperidine rings is 1. The fourth-order valence-corrected chi connectivity index (χ4v) is 12.4. The summed E-state index contributed by atoms with van der Waals surface area (Å²) in [5.41, 5.74) is 7.36. The first-order valence-electron chi connectivity index (χ1n) is 29.3. The molecule has 2 unspecified atom stereocenters. The first-order valence-corrected chi connectivity index (χ1v) is 29.7. The lowest BCUT2D eigenvalue weighted by Crippen LogP contribution is -2.51. The van der Waals surface area contributed by atoms with E-state index in [-0.39, 0.29) is 48.5 Å². The van der Waals surface area contributed by atoms with E-state index in [9.17, 15) is 19.2 Å². The molecule has 438 valence electrons. The van der Waals surface area contributed by atoms with Crippen molar-refractivity contribution in [3.8, 4) is 11.5 Å². The molecule has 18 heteroatoms. The molecule has 1 saturated carbocycles. The van der Waals surface area contributed by atoms with Gasteiger partial charge in [0, 0.05) is 105 Å². The molecule has 0 spiro atoms. The summed E-state index contributed by atoms with van der Waals surface area (Å²) in [7, 11) is 3.82. The van der Waals surface area contributed by atoms with Gasteiger partial charge in [0.1, 0.15) is 0 Å². The molecule has 0 radical (unpaired) electrons. The predicted octanol–water partition coefficient (Wildman–Crippen LogP) is 8.03. The topological polar surface area (TPSA) is 170 Å². The number of rotatable bonds is 29. The van der Waals surface area contributed by atoms with Gasteiger partial charge in [0.15, 0.2) is 17.3 Å². The Labute approximate surface area is 483 Å². The minimum Gasteiger partial charge on any atom is -0.493 e. The van der Waals surface area contributed by atoms with Gasteiger partial charge in [-0.15, -0.1) is 0 Å². The molecule has 3 heterocycles. The zero-order valence-electron chi connectivity index (χ0n) is 47.8. The van der Waals surface area contributed by atoms with E-state index in [2.05, 4.69) is 56.6 Å². The number of halogens is 1. The number of ether oxygens (including phenoxy) is 7. The zero-order chi connectivity index (χ0) is 56.7. The monoisotopic (exact) mass is 1130 g/mol. The van der Waals surface area contributed by atoms with Gasteiger partial charge in [0.25, 0.3) is 0 Å². The third kappa shape index (κ3) is 15.9. The third-order valence-corrected chi connectivity index (χ3v) is 16.8. The molecule has 3 atom stereocenters. The number of hydrogen-bond donors (Lipinski definition) is 2. The maximum absolute atomic E-state index is 14.1. The first-order chi connectivity index (χ1) is 39.4. The minimum atomic E-state index is -0.475. The molecule has 2 aliphatic carbocycles. The van der Waals surface area contributed by atoms with Gasteiger partial charge in [0.05, 0.1) is 91.7 Å². The van der Waals surface area contributed by atoms with E-state index in [0.717, 1.165) is 78.6 Å². The van der Waals surface area contributed by atoms with E-state index in [1.807, 2.05) is 73.3 Å². The smallest absolute Gasteiger partial charge is 0.232 e. The molecule has 2 N–H and O–H groups in total. The van der Waals surface area contributed by atoms with E-state index in [1.54, 1.807) is 7.11 Å². The Balaban J connectivity index is 0.581. The SMILES string of the molecule is COc1cc2c(cc1OC(C)C)[C@H](c1ccc(Cl)cc1)N(c1ccc(N(C)CC3CCC(N4CCN(CCOCCOCCOCCOCCOCCNc5cccc6c5CC(C5CCC(=O)NC5=O)C6=O)CC4)CC3)cc1)C(=O)C2. The van der Waals surface area contributed by atoms with Crippen molar-refractivity contribution < 1.29 is 52.3 Å². The highest BCUT2D eigenvalue weighted by molar-refractivity contribution is 6.30. The van der Waals surface area contributed by atoms with Crippen molar-refractivity contribution in [3.05, 3.63) is 112 Å². The second-order valence-corrected chi connectivity index (χ2v) is 22.7. The number of nitrogens with zero attached hydrogens (tertiary/aromatic N) is 4. The number of nitrogens with one attached hydrogen (secondary N) is 2. The van der Waals surface area contributed by atoms with E-state index < -0.39 is 11.8 Å². The Morgan fingerprint density at radius 1 is 0.728 bits per heavy atom. The van der Waals surface area contributed by atoms with Crippen molar-refractivity contribution in [3.63, 3.8) is 0 Å². The fourth-order valence-electron chi connectivity index (χ4n) is 12.3. The molecule has 0 bridgehead atoms. The lowest BCUT2D eigenvalue weighted by Gasteiger charge is -2.42. The van der Waals surface area contributed by atoms with Crippen LogP contribution in [0.5, 0.6) is 11.5 Å². The molecule has 3 aliphatic heterocycles. The van der Waals surface area contributed by atoms with Crippen molar-refractivity contribution >= 4 is 52.2 Å². The molecule has 3 fully saturated rings. The van der Waals surface area contributed by atoms with Gasteiger partial charge in [-0.25, -0.2) is 0 Å². The van der Waals surface area contributed by atoms with E-state index >= 15 is 0 Å². The number of Topliss-reactive ketones (excluding diaryl/α,β-unsaturated/α-hetero) is 1. The van der Waals surface area contributed by atoms with Gasteiger partial charge in [0.2, 0.25) is 17.7 Å². The Kier molecular flexibility index (Phi) is 21.9. The normalized spacial score (nSPS) is 21.5. The Morgan fingerprint density at radius 3 is 2.02 bits per heavy atom. The fraction of sp³-hybridized carbons (Fsp3) is 0.556. The van der Waals surface area contributed by atoms with Crippen LogP contribution in [0.15, 0.2) is 78.9 Å². The van der Waals surface area contributed by atoms with Gasteiger partial charge in [-0.05, 0) is 135 Å². The summed E-state index contributed by atoms with van der Waals surface area (Å²) in [6.45, 7) is 16.0. The van der Waals surface area contributed by atoms with Gasteiger partial charge < -0.3 is 48.3 Å². The summed E-state index contributed by atoms with van der Waals surface area (Å²) in [5, 5.41) is 6.41. The number of methoxy groups -OCH3 is 1. The number of fused-ring (bicyclic) bond motifs is 2. The number of carbonyl (C=O) groups excluding carboxylic acids is 4. The highest BCUT2D eigenvalue weighted by atomic mass is 35.5. The molecule has 5 aliphatic rings. The molecule has 17 nitrogen and oxygen atoms in total. The number of anilines is 3. The van der Waals surface area contributed by atoms with Crippen LogP contribution in [0.4, 0.5) is 17.1 Å². The predicted molar refractivity (Wildman–Crippen MR) is 313 cm³/mol. The minimum absolute atomic E-state index is 0.0246. The second kappa shape index (κ2) is 29.6. The van der Waals surface area contributed by atoms with Crippen LogP contribution in [-0.4, -0.2) is 171 Å². The van der Waals surface area contributed by atoms with E-state index in [1.165, 1.54) is 25.7 Å². The standard InChI is InChI=1S/C63H83ClN6O11/c1-43(2)81-58-41-53-46(38-57(58)75-4)39-60(72)70(61(53)45-10-12-47(64)13-11-45)50-18-16-48(17-19-50)67(3)42-44-8-14-49(15-9-44)69-25-23-68(24-26-69)27-29-77-31-33-79-35-37-80-36-34-78-32-30-76-28-22-65-56-7-5-6-51-54(56)40-55(62(51)73)52-20-21-59(71)66-63(52)74/h5-7,10-13,16-19,38,41,43-44,49,52,55,61,65H,8-9,14-15,20-37,39-40,42H2,1-4H3,(H,66,71,74)/t44?,49?,52?,55?,61-/m0/s1. The quantitative estimate of drug-likeness (QED) is 0.0396. The molecule has 2 saturated heterocycles. The van der Waals surface area contributed by atoms with Crippen molar-refractivity contribution in [2.45, 2.75) is 83.4 Å². The summed E-state index contributed by atoms with van der Waals surface area (Å²) in [6, 6.07) is 26.1. The number of amides is 3. The largest absolute Gasteiger partial charge is 0.493 e. The van der Waals surface area contributed by atoms with Crippen molar-refractivity contribution in [1.82, 2.24) is 15.1 Å². The molecule has 81 heavy (non-hydrogen) atoms. The van der Waals surface area contributed by atoms with Gasteiger partial charge in [-0.2, -0.15) is 0 Å². The lowest BCUT2D eigenvalue weighted by atomic mass is 9.83. The molecular weight excluding hydrogens is 1050 g/mol. The summed E-state index contributed by atoms with van der Waals surface area (Å²) < 4.78 is 40.5. The number of hydrogen-bond acceptors (Lipinski definition) is 15. The lowest BCUT2D eigenvalue weighted by molar-refractivity contribution is -0.137. The van der Waals surface area contributed by atoms with Gasteiger partial charge in [-0.3, -0.25) is 34.3 Å². The van der Waals surface area contributed by atoms with E-state index in [4.69, 9.17) is 44.8 Å². The Hall–Kier alpha value is -5.63. The average Bonchev–Trinajstić information content (AvgIpc) is 3.87. The summed E-state index contributed by atoms with van der Waals surface area (Å²) in [4.78, 5) is 60.8. The van der Waals surface area contributed by atoms with Crippen LogP contribution in [0.25, 0.3) is 0 Å². The van der Waals surface area contributed by atoms with Crippen LogP contribution in [0.2, 0.25) is 5.02 Å². The van der Waals surface area contributed by atoms with Crippen LogP contribution in [0, 0.1) is 17.8 Å². The molecular formula is C63H83ClN6O11. The van der Waals surface area contributed by atoms with Gasteiger partial charge in [-0.1, -0.05) is 35.9 Å². The average molecular weight is 1140 g/mol. The number of imide groups is 1. The number of piperazine rings is 1. The van der Waals surface area contributed by atoms with Crippen LogP contribution < -0.4 is 29.9 Å². The molecule has 4 aromatic carbocycles. The van der Waals surface area contributed by atoms with Crippen molar-refractivity contribution in [2.24, 2.45) is 17.8 Å². The Morgan fingerprint density at radius 2 is 1.38 bits per heavy atom. The summed E-state index contributed by atoms with van der Waals surface area (Å²) >= 11 is 6.35. The number of ketones is 1. The molecule has 4 aromatic rings. The third-order valence-electron chi connectivity index (χ3n) is 16.5. The molecule has 3 amide bonds. The van der Waals surface area contributed by atoms with Crippen LogP contribution in [0.3, 0.4) is 0 Å². The highest BCUT2D eigenvalue weighted by Crippen LogP contribution is 2.45. The van der Waals surface area contributed by atoms with Crippen molar-refractivity contribution in [2.75, 3.05) is 141 Å². The zero-order valence-corrected chi connectivity index (χ0v) is 48.6. The molecule has 0 aromatic heterocycles. The Bertz CT molecular complexity index is 2710. The first kappa shape index (κ1) is 60.0. The molecule has 9 rings (SSSR count). The highest BCUT2D eigenvalue weighted by Gasteiger charge is 2.43. The van der Waals surface area contributed by atoms with Gasteiger partial charge >= 0.3 is 0 Å². The van der Waals surface area contributed by atoms with Crippen LogP contribution in [0.1, 0.15) is 91.0 Å². The summed E-state index contributed by atoms with van der Waals surface area (Å²) in [5.74, 6) is 0.396. The van der Waals surface area contributed by atoms with Crippen molar-refractivity contribution in [1.29, 1.82) is 0 Å². The maximum atomic E-state index is 14.1. The number of benzene rings is 4. The maximum Gasteiger partial charge on any atom is 0.232 e. The summed E-state index contributed by atoms with van der Waals surface area (Å²) in [6.07, 6.45) is 6.30. The van der Waals surface area contributed by atoms with Crippen LogP contribution in [-0.2, 0) is 50.9 Å². The van der Waals surface area contributed by atoms with Crippen LogP contribution >= 0.6 is 11.6 Å². The second-order valence-electron chi connectivity index (χ2n) is 22.3. The van der Waals surface area contributed by atoms with E-state index in [0.29, 0.717) is 120 Å².